The van der Waals surface area contributed by atoms with Crippen molar-refractivity contribution in [1.82, 2.24) is 5.16 Å². The zero-order valence-electron chi connectivity index (χ0n) is 14.2. The van der Waals surface area contributed by atoms with E-state index in [-0.39, 0.29) is 23.5 Å². The maximum Gasteiger partial charge on any atom is 0.342 e. The van der Waals surface area contributed by atoms with Crippen LogP contribution in [-0.4, -0.2) is 25.3 Å². The zero-order valence-corrected chi connectivity index (χ0v) is 14.2. The molecule has 2 aromatic carbocycles. The highest BCUT2D eigenvalue weighted by atomic mass is 19.1. The third-order valence-corrected chi connectivity index (χ3v) is 3.68. The van der Waals surface area contributed by atoms with Crippen LogP contribution in [0.25, 0.3) is 11.3 Å². The molecule has 0 fully saturated rings. The van der Waals surface area contributed by atoms with Crippen LogP contribution in [0.1, 0.15) is 16.1 Å². The summed E-state index contributed by atoms with van der Waals surface area (Å²) >= 11 is 0. The molecule has 0 N–H and O–H groups in total. The van der Waals surface area contributed by atoms with Crippen molar-refractivity contribution in [3.8, 4) is 22.8 Å². The predicted molar refractivity (Wildman–Crippen MR) is 90.6 cm³/mol. The Hall–Kier alpha value is -3.35. The first-order chi connectivity index (χ1) is 12.6. The molecule has 0 aliphatic carbocycles. The summed E-state index contributed by atoms with van der Waals surface area (Å²) in [5.74, 6) is 0.150. The molecule has 0 radical (unpaired) electrons. The van der Waals surface area contributed by atoms with Gasteiger partial charge in [0.2, 0.25) is 0 Å². The van der Waals surface area contributed by atoms with Crippen LogP contribution in [0, 0.1) is 5.82 Å². The molecule has 26 heavy (non-hydrogen) atoms. The fraction of sp³-hybridized carbons (Fsp3) is 0.158. The lowest BCUT2D eigenvalue weighted by atomic mass is 10.1. The van der Waals surface area contributed by atoms with Crippen molar-refractivity contribution in [3.05, 3.63) is 65.6 Å². The fourth-order valence-electron chi connectivity index (χ4n) is 2.35. The van der Waals surface area contributed by atoms with Crippen LogP contribution < -0.4 is 9.47 Å². The molecule has 1 heterocycles. The molecule has 7 heteroatoms. The Morgan fingerprint density at radius 3 is 2.65 bits per heavy atom. The molecule has 0 bridgehead atoms. The van der Waals surface area contributed by atoms with Gasteiger partial charge in [-0.1, -0.05) is 17.3 Å². The van der Waals surface area contributed by atoms with Gasteiger partial charge in [-0.25, -0.2) is 9.18 Å². The molecule has 0 saturated heterocycles. The van der Waals surface area contributed by atoms with Crippen molar-refractivity contribution < 1.29 is 27.9 Å². The van der Waals surface area contributed by atoms with Gasteiger partial charge in [0.25, 0.3) is 0 Å². The van der Waals surface area contributed by atoms with Crippen LogP contribution in [0.2, 0.25) is 0 Å². The lowest BCUT2D eigenvalue weighted by Crippen LogP contribution is -2.07. The van der Waals surface area contributed by atoms with Crippen LogP contribution in [0.4, 0.5) is 4.39 Å². The van der Waals surface area contributed by atoms with Gasteiger partial charge < -0.3 is 18.7 Å². The summed E-state index contributed by atoms with van der Waals surface area (Å²) in [6.45, 7) is -0.119. The lowest BCUT2D eigenvalue weighted by Gasteiger charge is -2.09. The number of rotatable bonds is 6. The van der Waals surface area contributed by atoms with Gasteiger partial charge in [0.15, 0.2) is 5.76 Å². The van der Waals surface area contributed by atoms with Gasteiger partial charge in [-0.05, 0) is 24.3 Å². The first-order valence-corrected chi connectivity index (χ1v) is 7.72. The third-order valence-electron chi connectivity index (χ3n) is 3.68. The smallest absolute Gasteiger partial charge is 0.342 e. The Bertz CT molecular complexity index is 922. The molecule has 0 amide bonds. The first kappa shape index (κ1) is 17.5. The van der Waals surface area contributed by atoms with Crippen molar-refractivity contribution in [1.29, 1.82) is 0 Å². The van der Waals surface area contributed by atoms with Crippen LogP contribution in [-0.2, 0) is 11.3 Å². The summed E-state index contributed by atoms with van der Waals surface area (Å²) in [6.07, 6.45) is 0. The van der Waals surface area contributed by atoms with E-state index in [1.54, 1.807) is 36.4 Å². The van der Waals surface area contributed by atoms with Crippen LogP contribution >= 0.6 is 0 Å². The molecule has 0 aliphatic rings. The zero-order chi connectivity index (χ0) is 18.5. The number of aromatic nitrogens is 1. The van der Waals surface area contributed by atoms with Gasteiger partial charge in [0.1, 0.15) is 35.2 Å². The number of esters is 1. The van der Waals surface area contributed by atoms with Crippen molar-refractivity contribution in [2.45, 2.75) is 6.61 Å². The topological polar surface area (TPSA) is 70.8 Å². The van der Waals surface area contributed by atoms with Crippen LogP contribution in [0.5, 0.6) is 11.5 Å². The Morgan fingerprint density at radius 2 is 1.92 bits per heavy atom. The molecule has 1 aromatic heterocycles. The molecule has 0 saturated carbocycles. The van der Waals surface area contributed by atoms with E-state index in [9.17, 15) is 9.18 Å². The average molecular weight is 357 g/mol. The molecular formula is C19H16FNO5. The van der Waals surface area contributed by atoms with Gasteiger partial charge in [0, 0.05) is 12.1 Å². The fourth-order valence-corrected chi connectivity index (χ4v) is 2.35. The van der Waals surface area contributed by atoms with Crippen LogP contribution in [0.3, 0.4) is 0 Å². The first-order valence-electron chi connectivity index (χ1n) is 7.72. The highest BCUT2D eigenvalue weighted by molar-refractivity contribution is 5.92. The van der Waals surface area contributed by atoms with E-state index in [1.165, 1.54) is 26.4 Å². The van der Waals surface area contributed by atoms with Gasteiger partial charge >= 0.3 is 5.97 Å². The second-order valence-corrected chi connectivity index (χ2v) is 5.30. The summed E-state index contributed by atoms with van der Waals surface area (Å²) < 4.78 is 34.4. The Labute approximate surface area is 149 Å². The van der Waals surface area contributed by atoms with Crippen LogP contribution in [0.15, 0.2) is 53.1 Å². The number of carbonyl (C=O) groups excluding carboxylic acids is 1. The number of benzene rings is 2. The van der Waals surface area contributed by atoms with E-state index in [0.717, 1.165) is 0 Å². The summed E-state index contributed by atoms with van der Waals surface area (Å²) in [7, 11) is 2.97. The SMILES string of the molecule is COc1ccc(C(=O)OCc2cc(-c3ccccc3F)on2)c(OC)c1. The maximum absolute atomic E-state index is 13.8. The molecule has 3 rings (SSSR count). The van der Waals surface area contributed by atoms with Gasteiger partial charge in [-0.2, -0.15) is 0 Å². The van der Waals surface area contributed by atoms with Crippen molar-refractivity contribution >= 4 is 5.97 Å². The molecule has 0 atom stereocenters. The molecule has 6 nitrogen and oxygen atoms in total. The van der Waals surface area contributed by atoms with E-state index in [1.807, 2.05) is 0 Å². The monoisotopic (exact) mass is 357 g/mol. The second kappa shape index (κ2) is 7.69. The molecule has 0 aliphatic heterocycles. The summed E-state index contributed by atoms with van der Waals surface area (Å²) in [5.41, 5.74) is 0.907. The minimum absolute atomic E-state index is 0.119. The summed E-state index contributed by atoms with van der Waals surface area (Å²) in [6, 6.07) is 12.5. The number of hydrogen-bond donors (Lipinski definition) is 0. The highest BCUT2D eigenvalue weighted by Gasteiger charge is 2.17. The molecule has 3 aromatic rings. The predicted octanol–water partition coefficient (Wildman–Crippen LogP) is 3.85. The molecule has 0 spiro atoms. The van der Waals surface area contributed by atoms with E-state index < -0.39 is 11.8 Å². The van der Waals surface area contributed by atoms with Gasteiger partial charge in [0.05, 0.1) is 19.8 Å². The normalized spacial score (nSPS) is 10.4. The number of ether oxygens (including phenoxy) is 3. The Kier molecular flexibility index (Phi) is 5.17. The lowest BCUT2D eigenvalue weighted by molar-refractivity contribution is 0.0460. The molecule has 0 unspecified atom stereocenters. The van der Waals surface area contributed by atoms with E-state index in [4.69, 9.17) is 18.7 Å². The number of nitrogens with zero attached hydrogens (tertiary/aromatic N) is 1. The number of carbonyl (C=O) groups is 1. The van der Waals surface area contributed by atoms with Gasteiger partial charge in [-0.3, -0.25) is 0 Å². The largest absolute Gasteiger partial charge is 0.497 e. The van der Waals surface area contributed by atoms with E-state index in [2.05, 4.69) is 5.16 Å². The molecule has 134 valence electrons. The third kappa shape index (κ3) is 3.66. The maximum atomic E-state index is 13.8. The minimum atomic E-state index is -0.583. The Morgan fingerprint density at radius 1 is 1.12 bits per heavy atom. The Balaban J connectivity index is 1.70. The second-order valence-electron chi connectivity index (χ2n) is 5.30. The van der Waals surface area contributed by atoms with Crippen molar-refractivity contribution in [2.75, 3.05) is 14.2 Å². The number of halogens is 1. The van der Waals surface area contributed by atoms with E-state index >= 15 is 0 Å². The number of methoxy groups -OCH3 is 2. The quantitative estimate of drug-likeness (QED) is 0.624. The average Bonchev–Trinajstić information content (AvgIpc) is 3.14. The minimum Gasteiger partial charge on any atom is -0.497 e. The number of hydrogen-bond acceptors (Lipinski definition) is 6. The highest BCUT2D eigenvalue weighted by Crippen LogP contribution is 2.26. The molecular weight excluding hydrogens is 341 g/mol. The van der Waals surface area contributed by atoms with Crippen molar-refractivity contribution in [3.63, 3.8) is 0 Å². The standard InChI is InChI=1S/C19H16FNO5/c1-23-13-7-8-15(17(10-13)24-2)19(22)25-11-12-9-18(26-21-12)14-5-3-4-6-16(14)20/h3-10H,11H2,1-2H3. The summed E-state index contributed by atoms with van der Waals surface area (Å²) in [5, 5.41) is 3.80. The van der Waals surface area contributed by atoms with Gasteiger partial charge in [-0.15, -0.1) is 0 Å². The van der Waals surface area contributed by atoms with Crippen molar-refractivity contribution in [2.24, 2.45) is 0 Å². The summed E-state index contributed by atoms with van der Waals surface area (Å²) in [4.78, 5) is 12.3. The van der Waals surface area contributed by atoms with E-state index in [0.29, 0.717) is 17.2 Å².